The average molecular weight is 261 g/mol. The Morgan fingerprint density at radius 1 is 1.21 bits per heavy atom. The molecular weight excluding hydrogens is 249 g/mol. The predicted octanol–water partition coefficient (Wildman–Crippen LogP) is 3.21. The maximum Gasteiger partial charge on any atom is 0.335 e. The Hall–Kier alpha value is -2.56. The van der Waals surface area contributed by atoms with E-state index in [1.165, 1.54) is 24.3 Å². The molecule has 0 heterocycles. The monoisotopic (exact) mass is 261 g/mol. The van der Waals surface area contributed by atoms with Gasteiger partial charge in [0.05, 0.1) is 11.3 Å². The van der Waals surface area contributed by atoms with Crippen LogP contribution in [0.15, 0.2) is 36.4 Å². The van der Waals surface area contributed by atoms with Gasteiger partial charge in [-0.2, -0.15) is 0 Å². The summed E-state index contributed by atoms with van der Waals surface area (Å²) in [5.74, 6) is -1.32. The van der Waals surface area contributed by atoms with Gasteiger partial charge in [-0.05, 0) is 42.8 Å². The van der Waals surface area contributed by atoms with Gasteiger partial charge in [-0.25, -0.2) is 9.18 Å². The number of hydrogen-bond donors (Lipinski definition) is 2. The molecule has 5 heteroatoms. The summed E-state index contributed by atoms with van der Waals surface area (Å²) in [5, 5.41) is 8.81. The van der Waals surface area contributed by atoms with E-state index in [1.54, 1.807) is 12.1 Å². The Morgan fingerprint density at radius 3 is 2.58 bits per heavy atom. The summed E-state index contributed by atoms with van der Waals surface area (Å²) < 4.78 is 18.9. The molecule has 0 radical (unpaired) electrons. The number of nitrogen functional groups attached to an aromatic ring is 1. The first-order valence-electron chi connectivity index (χ1n) is 5.54. The molecule has 0 atom stereocenters. The van der Waals surface area contributed by atoms with Gasteiger partial charge in [0.15, 0.2) is 17.3 Å². The molecule has 2 rings (SSSR count). The van der Waals surface area contributed by atoms with Crippen LogP contribution in [0.5, 0.6) is 11.5 Å². The number of carboxylic acid groups (broad SMARTS) is 1. The molecule has 0 spiro atoms. The lowest BCUT2D eigenvalue weighted by Crippen LogP contribution is -2.00. The number of rotatable bonds is 3. The highest BCUT2D eigenvalue weighted by Gasteiger charge is 2.10. The number of aromatic carboxylic acids is 1. The van der Waals surface area contributed by atoms with Crippen LogP contribution in [0.1, 0.15) is 15.9 Å². The third kappa shape index (κ3) is 2.82. The highest BCUT2D eigenvalue weighted by Crippen LogP contribution is 2.30. The second kappa shape index (κ2) is 4.97. The number of halogens is 1. The molecule has 4 nitrogen and oxygen atoms in total. The van der Waals surface area contributed by atoms with E-state index in [-0.39, 0.29) is 22.7 Å². The molecule has 0 saturated heterocycles. The third-order valence-corrected chi connectivity index (χ3v) is 2.56. The van der Waals surface area contributed by atoms with Gasteiger partial charge >= 0.3 is 5.97 Å². The first kappa shape index (κ1) is 12.9. The number of hydrogen-bond acceptors (Lipinski definition) is 3. The Labute approximate surface area is 109 Å². The fourth-order valence-corrected chi connectivity index (χ4v) is 1.58. The zero-order valence-electron chi connectivity index (χ0n) is 10.2. The number of carboxylic acids is 1. The van der Waals surface area contributed by atoms with Gasteiger partial charge in [0, 0.05) is 0 Å². The van der Waals surface area contributed by atoms with Crippen LogP contribution in [0.25, 0.3) is 0 Å². The summed E-state index contributed by atoms with van der Waals surface area (Å²) in [6.45, 7) is 1.81. The molecular formula is C14H12FNO3. The summed E-state index contributed by atoms with van der Waals surface area (Å²) in [6, 6.07) is 8.49. The first-order valence-corrected chi connectivity index (χ1v) is 5.54. The molecule has 0 aliphatic carbocycles. The maximum absolute atomic E-state index is 13.5. The van der Waals surface area contributed by atoms with Gasteiger partial charge in [-0.15, -0.1) is 0 Å². The minimum atomic E-state index is -1.08. The summed E-state index contributed by atoms with van der Waals surface area (Å²) in [5.41, 5.74) is 6.72. The van der Waals surface area contributed by atoms with Gasteiger partial charge in [-0.3, -0.25) is 0 Å². The molecule has 0 aliphatic heterocycles. The van der Waals surface area contributed by atoms with Crippen molar-refractivity contribution in [3.63, 3.8) is 0 Å². The van der Waals surface area contributed by atoms with Crippen LogP contribution in [0, 0.1) is 12.7 Å². The number of nitrogens with two attached hydrogens (primary N) is 1. The third-order valence-electron chi connectivity index (χ3n) is 2.56. The van der Waals surface area contributed by atoms with Gasteiger partial charge in [0.2, 0.25) is 0 Å². The Kier molecular flexibility index (Phi) is 3.37. The number of ether oxygens (including phenoxy) is 1. The molecule has 2 aromatic carbocycles. The molecule has 98 valence electrons. The van der Waals surface area contributed by atoms with Gasteiger partial charge in [-0.1, -0.05) is 6.07 Å². The van der Waals surface area contributed by atoms with Crippen molar-refractivity contribution in [2.75, 3.05) is 5.73 Å². The van der Waals surface area contributed by atoms with Gasteiger partial charge in [0.1, 0.15) is 0 Å². The molecule has 0 fully saturated rings. The van der Waals surface area contributed by atoms with E-state index in [2.05, 4.69) is 0 Å². The highest BCUT2D eigenvalue weighted by atomic mass is 19.1. The molecule has 0 aliphatic rings. The molecule has 3 N–H and O–H groups in total. The van der Waals surface area contributed by atoms with Crippen molar-refractivity contribution in [1.82, 2.24) is 0 Å². The summed E-state index contributed by atoms with van der Waals surface area (Å²) in [7, 11) is 0. The van der Waals surface area contributed by atoms with E-state index in [0.29, 0.717) is 0 Å². The van der Waals surface area contributed by atoms with E-state index < -0.39 is 11.8 Å². The summed E-state index contributed by atoms with van der Waals surface area (Å²) in [6.07, 6.45) is 0. The van der Waals surface area contributed by atoms with E-state index in [4.69, 9.17) is 15.6 Å². The van der Waals surface area contributed by atoms with E-state index in [9.17, 15) is 9.18 Å². The van der Waals surface area contributed by atoms with Crippen molar-refractivity contribution in [2.24, 2.45) is 0 Å². The predicted molar refractivity (Wildman–Crippen MR) is 69.0 cm³/mol. The highest BCUT2D eigenvalue weighted by molar-refractivity contribution is 5.89. The lowest BCUT2D eigenvalue weighted by atomic mass is 10.2. The Morgan fingerprint density at radius 2 is 1.95 bits per heavy atom. The average Bonchev–Trinajstić information content (AvgIpc) is 2.36. The number of carbonyl (C=O) groups is 1. The van der Waals surface area contributed by atoms with Crippen LogP contribution in [0.3, 0.4) is 0 Å². The number of anilines is 1. The Balaban J connectivity index is 2.33. The largest absolute Gasteiger partial charge is 0.478 e. The minimum Gasteiger partial charge on any atom is -0.478 e. The van der Waals surface area contributed by atoms with Crippen LogP contribution in [-0.2, 0) is 0 Å². The maximum atomic E-state index is 13.5. The molecule has 0 saturated carbocycles. The zero-order valence-corrected chi connectivity index (χ0v) is 10.2. The van der Waals surface area contributed by atoms with Crippen molar-refractivity contribution in [1.29, 1.82) is 0 Å². The second-order valence-electron chi connectivity index (χ2n) is 4.09. The molecule has 0 bridgehead atoms. The fraction of sp³-hybridized carbons (Fsp3) is 0.0714. The van der Waals surface area contributed by atoms with Gasteiger partial charge in [0.25, 0.3) is 0 Å². The second-order valence-corrected chi connectivity index (χ2v) is 4.09. The van der Waals surface area contributed by atoms with Crippen molar-refractivity contribution in [2.45, 2.75) is 6.92 Å². The Bertz CT molecular complexity index is 641. The van der Waals surface area contributed by atoms with E-state index >= 15 is 0 Å². The SMILES string of the molecule is Cc1ccc(F)c(Oc2ccc(C(=O)O)cc2N)c1. The van der Waals surface area contributed by atoms with Crippen LogP contribution in [0.4, 0.5) is 10.1 Å². The molecule has 0 amide bonds. The fourth-order valence-electron chi connectivity index (χ4n) is 1.58. The van der Waals surface area contributed by atoms with Crippen molar-refractivity contribution in [3.8, 4) is 11.5 Å². The smallest absolute Gasteiger partial charge is 0.335 e. The lowest BCUT2D eigenvalue weighted by Gasteiger charge is -2.10. The molecule has 19 heavy (non-hydrogen) atoms. The number of aryl methyl sites for hydroxylation is 1. The van der Waals surface area contributed by atoms with Crippen molar-refractivity contribution >= 4 is 11.7 Å². The van der Waals surface area contributed by atoms with E-state index in [0.717, 1.165) is 5.56 Å². The zero-order chi connectivity index (χ0) is 14.0. The topological polar surface area (TPSA) is 72.5 Å². The summed E-state index contributed by atoms with van der Waals surface area (Å²) >= 11 is 0. The first-order chi connectivity index (χ1) is 8.97. The van der Waals surface area contributed by atoms with Gasteiger partial charge < -0.3 is 15.6 Å². The lowest BCUT2D eigenvalue weighted by molar-refractivity contribution is 0.0697. The van der Waals surface area contributed by atoms with E-state index in [1.807, 2.05) is 6.92 Å². The molecule has 0 unspecified atom stereocenters. The molecule has 0 aromatic heterocycles. The molecule has 2 aromatic rings. The standard InChI is InChI=1S/C14H12FNO3/c1-8-2-4-10(15)13(6-8)19-12-5-3-9(14(17)18)7-11(12)16/h2-7H,16H2,1H3,(H,17,18). The van der Waals surface area contributed by atoms with Crippen molar-refractivity contribution in [3.05, 3.63) is 53.3 Å². The van der Waals surface area contributed by atoms with Crippen molar-refractivity contribution < 1.29 is 19.0 Å². The van der Waals surface area contributed by atoms with Crippen LogP contribution >= 0.6 is 0 Å². The van der Waals surface area contributed by atoms with Crippen LogP contribution < -0.4 is 10.5 Å². The number of benzene rings is 2. The summed E-state index contributed by atoms with van der Waals surface area (Å²) in [4.78, 5) is 10.8. The normalized spacial score (nSPS) is 10.2. The van der Waals surface area contributed by atoms with Crippen LogP contribution in [0.2, 0.25) is 0 Å². The minimum absolute atomic E-state index is 0.0505. The van der Waals surface area contributed by atoms with Crippen LogP contribution in [-0.4, -0.2) is 11.1 Å². The quantitative estimate of drug-likeness (QED) is 0.832.